The van der Waals surface area contributed by atoms with Crippen LogP contribution in [0.15, 0.2) is 48.8 Å². The number of aromatic nitrogens is 3. The molecular weight excluding hydrogens is 348 g/mol. The van der Waals surface area contributed by atoms with Gasteiger partial charge in [0.05, 0.1) is 12.7 Å². The Bertz CT molecular complexity index is 880. The predicted molar refractivity (Wildman–Crippen MR) is 103 cm³/mol. The minimum atomic E-state index is -0.145. The van der Waals surface area contributed by atoms with E-state index in [2.05, 4.69) is 29.0 Å². The van der Waals surface area contributed by atoms with Gasteiger partial charge in [-0.25, -0.2) is 0 Å². The van der Waals surface area contributed by atoms with Gasteiger partial charge in [0, 0.05) is 24.5 Å². The van der Waals surface area contributed by atoms with E-state index < -0.39 is 0 Å². The van der Waals surface area contributed by atoms with Crippen LogP contribution < -0.4 is 9.64 Å². The number of carbonyl (C=O) groups excluding carboxylic acids is 1. The SMILES string of the molecule is COc1ccccc1C(=O)N(CC(C)C)c1nnc(-c2ccncc2)s1. The Balaban J connectivity index is 1.96. The van der Waals surface area contributed by atoms with E-state index in [-0.39, 0.29) is 11.8 Å². The van der Waals surface area contributed by atoms with Gasteiger partial charge >= 0.3 is 0 Å². The van der Waals surface area contributed by atoms with Gasteiger partial charge in [0.1, 0.15) is 10.8 Å². The van der Waals surface area contributed by atoms with Crippen LogP contribution >= 0.6 is 11.3 Å². The maximum absolute atomic E-state index is 13.2. The highest BCUT2D eigenvalue weighted by Crippen LogP contribution is 2.31. The average molecular weight is 368 g/mol. The lowest BCUT2D eigenvalue weighted by Gasteiger charge is -2.22. The van der Waals surface area contributed by atoms with Crippen molar-refractivity contribution < 1.29 is 9.53 Å². The van der Waals surface area contributed by atoms with Crippen molar-refractivity contribution in [3.8, 4) is 16.3 Å². The summed E-state index contributed by atoms with van der Waals surface area (Å²) in [6.45, 7) is 4.67. The van der Waals surface area contributed by atoms with E-state index in [1.807, 2.05) is 24.3 Å². The summed E-state index contributed by atoms with van der Waals surface area (Å²) in [4.78, 5) is 18.9. The molecule has 3 rings (SSSR count). The molecule has 1 aromatic carbocycles. The van der Waals surface area contributed by atoms with Gasteiger partial charge in [0.25, 0.3) is 5.91 Å². The Hall–Kier alpha value is -2.80. The van der Waals surface area contributed by atoms with E-state index in [9.17, 15) is 4.79 Å². The highest BCUT2D eigenvalue weighted by Gasteiger charge is 2.25. The normalized spacial score (nSPS) is 10.8. The number of amides is 1. The van der Waals surface area contributed by atoms with E-state index >= 15 is 0 Å². The topological polar surface area (TPSA) is 68.2 Å². The van der Waals surface area contributed by atoms with Crippen LogP contribution in [0.3, 0.4) is 0 Å². The number of para-hydroxylation sites is 1. The largest absolute Gasteiger partial charge is 0.496 e. The Morgan fingerprint density at radius 3 is 2.58 bits per heavy atom. The lowest BCUT2D eigenvalue weighted by Crippen LogP contribution is -2.34. The fourth-order valence-electron chi connectivity index (χ4n) is 2.52. The molecule has 0 aliphatic rings. The van der Waals surface area contributed by atoms with Gasteiger partial charge in [-0.3, -0.25) is 14.7 Å². The molecule has 0 atom stereocenters. The quantitative estimate of drug-likeness (QED) is 0.660. The molecule has 0 aliphatic carbocycles. The fourth-order valence-corrected chi connectivity index (χ4v) is 3.37. The highest BCUT2D eigenvalue weighted by molar-refractivity contribution is 7.18. The van der Waals surface area contributed by atoms with Gasteiger partial charge in [0.15, 0.2) is 0 Å². The van der Waals surface area contributed by atoms with Crippen molar-refractivity contribution >= 4 is 22.4 Å². The third kappa shape index (κ3) is 3.88. The van der Waals surface area contributed by atoms with Crippen LogP contribution in [0.4, 0.5) is 5.13 Å². The molecule has 134 valence electrons. The second-order valence-corrected chi connectivity index (χ2v) is 7.09. The molecule has 0 bridgehead atoms. The molecule has 26 heavy (non-hydrogen) atoms. The third-order valence-electron chi connectivity index (χ3n) is 3.70. The molecule has 0 saturated carbocycles. The number of hydrogen-bond donors (Lipinski definition) is 0. The summed E-state index contributed by atoms with van der Waals surface area (Å²) in [6.07, 6.45) is 3.42. The first kappa shape index (κ1) is 18.0. The average Bonchev–Trinajstić information content (AvgIpc) is 3.16. The smallest absolute Gasteiger partial charge is 0.263 e. The van der Waals surface area contributed by atoms with Gasteiger partial charge in [-0.05, 0) is 30.2 Å². The number of nitrogens with zero attached hydrogens (tertiary/aromatic N) is 4. The number of methoxy groups -OCH3 is 1. The second-order valence-electron chi connectivity index (χ2n) is 6.14. The lowest BCUT2D eigenvalue weighted by molar-refractivity contribution is 0.0980. The van der Waals surface area contributed by atoms with Crippen LogP contribution in [0.25, 0.3) is 10.6 Å². The highest BCUT2D eigenvalue weighted by atomic mass is 32.1. The van der Waals surface area contributed by atoms with Gasteiger partial charge in [-0.1, -0.05) is 37.3 Å². The summed E-state index contributed by atoms with van der Waals surface area (Å²) in [5, 5.41) is 9.83. The molecule has 2 heterocycles. The first-order valence-corrected chi connectivity index (χ1v) is 9.10. The molecule has 0 aliphatic heterocycles. The molecular formula is C19H20N4O2S. The fraction of sp³-hybridized carbons (Fsp3) is 0.263. The van der Waals surface area contributed by atoms with Gasteiger partial charge in [-0.15, -0.1) is 10.2 Å². The Morgan fingerprint density at radius 1 is 1.15 bits per heavy atom. The van der Waals surface area contributed by atoms with Crippen molar-refractivity contribution in [3.63, 3.8) is 0 Å². The standard InChI is InChI=1S/C19H20N4O2S/c1-13(2)12-23(18(24)15-6-4-5-7-16(15)25-3)19-22-21-17(26-19)14-8-10-20-11-9-14/h4-11,13H,12H2,1-3H3. The minimum absolute atomic E-state index is 0.145. The molecule has 0 unspecified atom stereocenters. The van der Waals surface area contributed by atoms with E-state index in [1.54, 1.807) is 36.5 Å². The summed E-state index contributed by atoms with van der Waals surface area (Å²) in [7, 11) is 1.56. The second kappa shape index (κ2) is 8.05. The van der Waals surface area contributed by atoms with Crippen LogP contribution in [0.1, 0.15) is 24.2 Å². The van der Waals surface area contributed by atoms with Crippen LogP contribution in [0.2, 0.25) is 0 Å². The summed E-state index contributed by atoms with van der Waals surface area (Å²) in [5.41, 5.74) is 1.44. The van der Waals surface area contributed by atoms with Crippen molar-refractivity contribution in [2.24, 2.45) is 5.92 Å². The number of anilines is 1. The molecule has 3 aromatic rings. The molecule has 0 saturated heterocycles. The third-order valence-corrected chi connectivity index (χ3v) is 4.70. The number of benzene rings is 1. The van der Waals surface area contributed by atoms with E-state index in [0.717, 1.165) is 10.6 Å². The minimum Gasteiger partial charge on any atom is -0.496 e. The molecule has 0 fully saturated rings. The zero-order chi connectivity index (χ0) is 18.5. The van der Waals surface area contributed by atoms with Gasteiger partial charge in [-0.2, -0.15) is 0 Å². The maximum atomic E-state index is 13.2. The number of ether oxygens (including phenoxy) is 1. The first-order chi connectivity index (χ1) is 12.6. The van der Waals surface area contributed by atoms with Gasteiger partial charge < -0.3 is 4.74 Å². The monoisotopic (exact) mass is 368 g/mol. The number of hydrogen-bond acceptors (Lipinski definition) is 6. The summed E-state index contributed by atoms with van der Waals surface area (Å²) < 4.78 is 5.34. The first-order valence-electron chi connectivity index (χ1n) is 8.29. The van der Waals surface area contributed by atoms with E-state index in [4.69, 9.17) is 4.74 Å². The van der Waals surface area contributed by atoms with Crippen molar-refractivity contribution in [1.29, 1.82) is 0 Å². The van der Waals surface area contributed by atoms with Crippen LogP contribution in [0, 0.1) is 5.92 Å². The summed E-state index contributed by atoms with van der Waals surface area (Å²) >= 11 is 1.39. The molecule has 1 amide bonds. The molecule has 0 N–H and O–H groups in total. The number of carbonyl (C=O) groups is 1. The van der Waals surface area contributed by atoms with Crippen LogP contribution in [-0.2, 0) is 0 Å². The predicted octanol–water partition coefficient (Wildman–Crippen LogP) is 3.91. The van der Waals surface area contributed by atoms with Crippen LogP contribution in [0.5, 0.6) is 5.75 Å². The zero-order valence-electron chi connectivity index (χ0n) is 14.9. The molecule has 0 spiro atoms. The van der Waals surface area contributed by atoms with Crippen molar-refractivity contribution in [1.82, 2.24) is 15.2 Å². The van der Waals surface area contributed by atoms with Crippen molar-refractivity contribution in [2.45, 2.75) is 13.8 Å². The molecule has 7 heteroatoms. The van der Waals surface area contributed by atoms with E-state index in [1.165, 1.54) is 11.3 Å². The van der Waals surface area contributed by atoms with E-state index in [0.29, 0.717) is 23.0 Å². The zero-order valence-corrected chi connectivity index (χ0v) is 15.7. The summed E-state index contributed by atoms with van der Waals surface area (Å²) in [5.74, 6) is 0.681. The molecule has 0 radical (unpaired) electrons. The van der Waals surface area contributed by atoms with Crippen LogP contribution in [-0.4, -0.2) is 34.7 Å². The summed E-state index contributed by atoms with van der Waals surface area (Å²) in [6, 6.07) is 11.0. The Labute approximate surface area is 156 Å². The number of pyridine rings is 1. The molecule has 6 nitrogen and oxygen atoms in total. The van der Waals surface area contributed by atoms with Gasteiger partial charge in [0.2, 0.25) is 5.13 Å². The number of rotatable bonds is 6. The molecule has 2 aromatic heterocycles. The van der Waals surface area contributed by atoms with Crippen molar-refractivity contribution in [2.75, 3.05) is 18.6 Å². The lowest BCUT2D eigenvalue weighted by atomic mass is 10.1. The Morgan fingerprint density at radius 2 is 1.88 bits per heavy atom. The van der Waals surface area contributed by atoms with Crippen molar-refractivity contribution in [3.05, 3.63) is 54.4 Å². The Kier molecular flexibility index (Phi) is 5.58. The maximum Gasteiger partial charge on any atom is 0.263 e.